The minimum Gasteiger partial charge on any atom is -0.463 e. The summed E-state index contributed by atoms with van der Waals surface area (Å²) in [5.41, 5.74) is 1.65. The molecule has 3 aromatic rings. The van der Waals surface area contributed by atoms with Gasteiger partial charge in [0, 0.05) is 29.5 Å². The van der Waals surface area contributed by atoms with Crippen molar-refractivity contribution in [2.75, 3.05) is 45.2 Å². The number of amides is 1. The number of ether oxygens (including phenoxy) is 6. The van der Waals surface area contributed by atoms with Crippen LogP contribution in [-0.2, 0) is 47.6 Å². The van der Waals surface area contributed by atoms with E-state index in [0.29, 0.717) is 5.95 Å². The second-order valence-electron chi connectivity index (χ2n) is 12.1. The number of carbonyl (C=O) groups is 5. The van der Waals surface area contributed by atoms with Gasteiger partial charge in [0.2, 0.25) is 32.1 Å². The molecule has 2 aromatic carbocycles. The first-order valence-electron chi connectivity index (χ1n) is 17.6. The standard InChI is InChI=1S/C18H24N4O18.C15H13N3O2S/c23-11(1-5-19(28)29)36-9-10-15(38-12(24)2-6-20(30)31)16(39-13(25)3-7-21(32)33)17(18(27)37-10)40-14(26)4-8-22(34)35;1-20-15(19)18-14-16-12-8-7-11(9-13(12)17-14)21-10-5-3-2-4-6-10/h10,15-18,27H,1-9H2;2-9H,1H3,(H2,16,17,18,19). The molecule has 0 saturated carbocycles. The number of nitrogens with one attached hydrogen (secondary N) is 2. The number of hydrogen-bond donors (Lipinski definition) is 3. The average molecular weight is 884 g/mol. The van der Waals surface area contributed by atoms with Crippen molar-refractivity contribution in [1.29, 1.82) is 0 Å². The van der Waals surface area contributed by atoms with E-state index in [1.807, 2.05) is 36.4 Å². The van der Waals surface area contributed by atoms with Gasteiger partial charge in [-0.15, -0.1) is 0 Å². The number of imidazole rings is 1. The molecule has 1 aliphatic heterocycles. The zero-order chi connectivity index (χ0) is 45.1. The average Bonchev–Trinajstić information content (AvgIpc) is 3.61. The molecule has 4 rings (SSSR count). The van der Waals surface area contributed by atoms with E-state index in [9.17, 15) is 69.5 Å². The van der Waals surface area contributed by atoms with Crippen molar-refractivity contribution in [3.63, 3.8) is 0 Å². The van der Waals surface area contributed by atoms with Gasteiger partial charge in [0.15, 0.2) is 24.6 Å². The van der Waals surface area contributed by atoms with E-state index in [2.05, 4.69) is 32.2 Å². The van der Waals surface area contributed by atoms with E-state index >= 15 is 0 Å². The lowest BCUT2D eigenvalue weighted by atomic mass is 9.98. The van der Waals surface area contributed by atoms with Crippen LogP contribution < -0.4 is 5.32 Å². The minimum atomic E-state index is -2.22. The molecule has 61 heavy (non-hydrogen) atoms. The molecule has 5 atom stereocenters. The molecule has 5 unspecified atom stereocenters. The second-order valence-corrected chi connectivity index (χ2v) is 13.3. The number of fused-ring (bicyclic) bond motifs is 1. The van der Waals surface area contributed by atoms with Crippen LogP contribution in [0.5, 0.6) is 0 Å². The van der Waals surface area contributed by atoms with Gasteiger partial charge in [0.1, 0.15) is 38.4 Å². The number of aliphatic hydroxyl groups is 1. The summed E-state index contributed by atoms with van der Waals surface area (Å²) in [6.45, 7) is -4.46. The number of hydrogen-bond acceptors (Lipinski definition) is 22. The third-order valence-electron chi connectivity index (χ3n) is 7.65. The summed E-state index contributed by atoms with van der Waals surface area (Å²) in [5, 5.41) is 55.2. The maximum atomic E-state index is 12.3. The second kappa shape index (κ2) is 24.1. The molecule has 0 spiro atoms. The molecule has 1 aliphatic rings. The summed E-state index contributed by atoms with van der Waals surface area (Å²) in [6, 6.07) is 16.1. The number of anilines is 1. The summed E-state index contributed by atoms with van der Waals surface area (Å²) in [5.74, 6) is -4.69. The third kappa shape index (κ3) is 17.4. The van der Waals surface area contributed by atoms with Crippen molar-refractivity contribution in [2.24, 2.45) is 0 Å². The van der Waals surface area contributed by atoms with Gasteiger partial charge >= 0.3 is 30.0 Å². The lowest BCUT2D eigenvalue weighted by molar-refractivity contribution is -0.479. The van der Waals surface area contributed by atoms with Crippen molar-refractivity contribution >= 4 is 58.7 Å². The third-order valence-corrected chi connectivity index (χ3v) is 8.65. The Balaban J connectivity index is 0.000000391. The smallest absolute Gasteiger partial charge is 0.413 e. The zero-order valence-electron chi connectivity index (χ0n) is 31.7. The van der Waals surface area contributed by atoms with Gasteiger partial charge in [-0.05, 0) is 30.3 Å². The number of methoxy groups -OCH3 is 1. The van der Waals surface area contributed by atoms with Crippen LogP contribution in [0.15, 0.2) is 58.3 Å². The maximum absolute atomic E-state index is 12.3. The van der Waals surface area contributed by atoms with Crippen LogP contribution in [0.2, 0.25) is 0 Å². The molecular formula is C33H37N7O20S. The van der Waals surface area contributed by atoms with Crippen molar-refractivity contribution in [1.82, 2.24) is 9.97 Å². The summed E-state index contributed by atoms with van der Waals surface area (Å²) >= 11 is 1.67. The number of nitro groups is 4. The van der Waals surface area contributed by atoms with Gasteiger partial charge in [-0.1, -0.05) is 30.0 Å². The normalized spacial score (nSPS) is 18.0. The first-order chi connectivity index (χ1) is 28.9. The van der Waals surface area contributed by atoms with Crippen LogP contribution in [-0.4, -0.2) is 135 Å². The van der Waals surface area contributed by atoms with Gasteiger partial charge < -0.3 is 38.5 Å². The number of rotatable bonds is 20. The van der Waals surface area contributed by atoms with E-state index in [0.717, 1.165) is 15.9 Å². The highest BCUT2D eigenvalue weighted by Crippen LogP contribution is 2.31. The van der Waals surface area contributed by atoms with Crippen LogP contribution >= 0.6 is 11.8 Å². The maximum Gasteiger partial charge on any atom is 0.413 e. The molecule has 1 aromatic heterocycles. The predicted octanol–water partition coefficient (Wildman–Crippen LogP) is 1.54. The number of aromatic amines is 1. The number of aliphatic hydroxyl groups excluding tert-OH is 1. The van der Waals surface area contributed by atoms with Crippen molar-refractivity contribution in [3.05, 3.63) is 89.0 Å². The Morgan fingerprint density at radius 3 is 1.77 bits per heavy atom. The lowest BCUT2D eigenvalue weighted by Gasteiger charge is -2.42. The van der Waals surface area contributed by atoms with Crippen LogP contribution in [0.3, 0.4) is 0 Å². The van der Waals surface area contributed by atoms with Gasteiger partial charge in [-0.3, -0.25) is 65.0 Å². The molecule has 330 valence electrons. The van der Waals surface area contributed by atoms with Crippen LogP contribution in [0.25, 0.3) is 11.0 Å². The highest BCUT2D eigenvalue weighted by molar-refractivity contribution is 7.99. The van der Waals surface area contributed by atoms with Gasteiger partial charge in [0.25, 0.3) is 0 Å². The Labute approximate surface area is 345 Å². The van der Waals surface area contributed by atoms with E-state index < -0.39 is 139 Å². The summed E-state index contributed by atoms with van der Waals surface area (Å²) in [6.07, 6.45) is -13.7. The Morgan fingerprint density at radius 1 is 0.738 bits per heavy atom. The summed E-state index contributed by atoms with van der Waals surface area (Å²) in [7, 11) is 1.31. The largest absolute Gasteiger partial charge is 0.463 e. The number of nitrogens with zero attached hydrogens (tertiary/aromatic N) is 5. The quantitative estimate of drug-likeness (QED) is 0.0627. The fourth-order valence-electron chi connectivity index (χ4n) is 4.92. The highest BCUT2D eigenvalue weighted by atomic mass is 32.2. The van der Waals surface area contributed by atoms with E-state index in [1.54, 1.807) is 11.8 Å². The molecule has 1 fully saturated rings. The zero-order valence-corrected chi connectivity index (χ0v) is 32.5. The summed E-state index contributed by atoms with van der Waals surface area (Å²) < 4.78 is 29.6. The molecule has 0 aliphatic carbocycles. The van der Waals surface area contributed by atoms with Gasteiger partial charge in [-0.25, -0.2) is 9.78 Å². The fourth-order valence-corrected chi connectivity index (χ4v) is 5.80. The molecule has 27 nitrogen and oxygen atoms in total. The Bertz CT molecular complexity index is 2050. The Morgan fingerprint density at radius 2 is 1.25 bits per heavy atom. The topological polar surface area (TPSA) is 374 Å². The molecule has 0 bridgehead atoms. The van der Waals surface area contributed by atoms with Crippen molar-refractivity contribution in [3.8, 4) is 0 Å². The first kappa shape index (κ1) is 48.3. The summed E-state index contributed by atoms with van der Waals surface area (Å²) in [4.78, 5) is 108. The van der Waals surface area contributed by atoms with Gasteiger partial charge in [-0.2, -0.15) is 0 Å². The molecule has 1 saturated heterocycles. The fraction of sp³-hybridized carbons (Fsp3) is 0.455. The Kier molecular flexibility index (Phi) is 19.1. The molecular weight excluding hydrogens is 846 g/mol. The van der Waals surface area contributed by atoms with Crippen LogP contribution in [0, 0.1) is 40.5 Å². The predicted molar refractivity (Wildman–Crippen MR) is 200 cm³/mol. The molecule has 1 amide bonds. The molecule has 0 radical (unpaired) electrons. The van der Waals surface area contributed by atoms with Crippen molar-refractivity contribution in [2.45, 2.75) is 66.2 Å². The monoisotopic (exact) mass is 883 g/mol. The van der Waals surface area contributed by atoms with Crippen molar-refractivity contribution < 1.29 is 77.2 Å². The number of carbonyl (C=O) groups excluding carboxylic acids is 5. The van der Waals surface area contributed by atoms with E-state index in [4.69, 9.17) is 23.7 Å². The highest BCUT2D eigenvalue weighted by Gasteiger charge is 2.52. The van der Waals surface area contributed by atoms with Gasteiger partial charge in [0.05, 0.1) is 18.1 Å². The molecule has 28 heteroatoms. The van der Waals surface area contributed by atoms with E-state index in [1.165, 1.54) is 12.0 Å². The first-order valence-corrected chi connectivity index (χ1v) is 18.4. The molecule has 2 heterocycles. The number of esters is 4. The number of H-pyrrole nitrogens is 1. The lowest BCUT2D eigenvalue weighted by Crippen LogP contribution is -2.62. The Hall–Kier alpha value is -7.07. The van der Waals surface area contributed by atoms with E-state index in [-0.39, 0.29) is 0 Å². The minimum absolute atomic E-state index is 0.374. The van der Waals surface area contributed by atoms with Crippen LogP contribution in [0.1, 0.15) is 25.7 Å². The number of aromatic nitrogens is 2. The van der Waals surface area contributed by atoms with Crippen LogP contribution in [0.4, 0.5) is 10.7 Å². The number of benzene rings is 2. The molecule has 3 N–H and O–H groups in total. The SMILES string of the molecule is COC(=O)Nc1nc2ccc(Sc3ccccc3)cc2[nH]1.O=C(CC[N+](=O)[O-])OCC1OC(O)C(OC(=O)CC[N+](=O)[O-])C(OC(=O)CC[N+](=O)[O-])C1OC(=O)CC[N+](=O)[O-].